The fourth-order valence-electron chi connectivity index (χ4n) is 1.81. The van der Waals surface area contributed by atoms with Gasteiger partial charge in [-0.25, -0.2) is 0 Å². The van der Waals surface area contributed by atoms with E-state index in [1.165, 1.54) is 0 Å². The van der Waals surface area contributed by atoms with E-state index in [2.05, 4.69) is 0 Å². The number of rotatable bonds is 3. The number of carbonyl (C=O) groups excluding carboxylic acids is 1. The Balaban J connectivity index is 2.17. The molecule has 5 heteroatoms. The van der Waals surface area contributed by atoms with Crippen molar-refractivity contribution >= 4 is 11.6 Å². The van der Waals surface area contributed by atoms with E-state index in [0.717, 1.165) is 12.8 Å². The highest BCUT2D eigenvalue weighted by molar-refractivity contribution is 5.96. The number of ether oxygens (including phenoxy) is 2. The van der Waals surface area contributed by atoms with Crippen molar-refractivity contribution in [2.75, 3.05) is 18.9 Å². The van der Waals surface area contributed by atoms with Crippen molar-refractivity contribution in [2.24, 2.45) is 5.73 Å². The second-order valence-corrected chi connectivity index (χ2v) is 4.05. The van der Waals surface area contributed by atoms with Crippen LogP contribution in [0.3, 0.4) is 0 Å². The van der Waals surface area contributed by atoms with E-state index in [0.29, 0.717) is 30.2 Å². The Morgan fingerprint density at radius 1 is 1.35 bits per heavy atom. The van der Waals surface area contributed by atoms with Crippen molar-refractivity contribution in [3.63, 3.8) is 0 Å². The second-order valence-electron chi connectivity index (χ2n) is 4.05. The Bertz CT molecular complexity index is 414. The average molecular weight is 236 g/mol. The lowest BCUT2D eigenvalue weighted by Gasteiger charge is -2.24. The van der Waals surface area contributed by atoms with Gasteiger partial charge in [-0.3, -0.25) is 4.79 Å². The van der Waals surface area contributed by atoms with Crippen LogP contribution in [0.15, 0.2) is 18.2 Å². The number of hydrogen-bond donors (Lipinski definition) is 2. The predicted octanol–water partition coefficient (Wildman–Crippen LogP) is 0.925. The Hall–Kier alpha value is -1.75. The number of nitrogen functional groups attached to an aromatic ring is 1. The van der Waals surface area contributed by atoms with E-state index in [4.69, 9.17) is 20.9 Å². The molecule has 17 heavy (non-hydrogen) atoms. The zero-order chi connectivity index (χ0) is 12.3. The molecule has 1 aromatic carbocycles. The largest absolute Gasteiger partial charge is 0.489 e. The number of benzene rings is 1. The van der Waals surface area contributed by atoms with E-state index in [1.807, 2.05) is 0 Å². The van der Waals surface area contributed by atoms with Gasteiger partial charge >= 0.3 is 0 Å². The lowest BCUT2D eigenvalue weighted by molar-refractivity contribution is 0.0253. The number of amides is 1. The van der Waals surface area contributed by atoms with E-state index in [9.17, 15) is 4.79 Å². The maximum absolute atomic E-state index is 11.3. The molecule has 0 saturated carbocycles. The number of primary amides is 1. The quantitative estimate of drug-likeness (QED) is 0.764. The molecule has 1 fully saturated rings. The lowest BCUT2D eigenvalue weighted by atomic mass is 10.1. The monoisotopic (exact) mass is 236 g/mol. The van der Waals surface area contributed by atoms with Crippen LogP contribution < -0.4 is 16.2 Å². The number of hydrogen-bond acceptors (Lipinski definition) is 4. The van der Waals surface area contributed by atoms with Gasteiger partial charge in [0.1, 0.15) is 11.9 Å². The summed E-state index contributed by atoms with van der Waals surface area (Å²) in [6.07, 6.45) is 1.68. The summed E-state index contributed by atoms with van der Waals surface area (Å²) in [4.78, 5) is 11.3. The summed E-state index contributed by atoms with van der Waals surface area (Å²) < 4.78 is 11.0. The Morgan fingerprint density at radius 2 is 2.06 bits per heavy atom. The average Bonchev–Trinajstić information content (AvgIpc) is 2.30. The molecule has 5 nitrogen and oxygen atoms in total. The van der Waals surface area contributed by atoms with Crippen molar-refractivity contribution in [1.82, 2.24) is 0 Å². The standard InChI is InChI=1S/C12H16N2O3/c13-8-1-2-10(12(14)15)11(7-8)17-9-3-5-16-6-4-9/h1-2,7,9H,3-6,13H2,(H2,14,15). The molecule has 2 rings (SSSR count). The van der Waals surface area contributed by atoms with Gasteiger partial charge in [0.2, 0.25) is 0 Å². The number of nitrogens with two attached hydrogens (primary N) is 2. The molecule has 1 saturated heterocycles. The molecule has 1 aliphatic rings. The molecule has 0 spiro atoms. The van der Waals surface area contributed by atoms with Crippen LogP contribution in [-0.2, 0) is 4.74 Å². The van der Waals surface area contributed by atoms with Gasteiger partial charge in [-0.1, -0.05) is 0 Å². The molecule has 0 unspecified atom stereocenters. The highest BCUT2D eigenvalue weighted by atomic mass is 16.5. The van der Waals surface area contributed by atoms with Gasteiger partial charge in [0.05, 0.1) is 18.8 Å². The molecule has 4 N–H and O–H groups in total. The molecule has 0 radical (unpaired) electrons. The summed E-state index contributed by atoms with van der Waals surface area (Å²) >= 11 is 0. The van der Waals surface area contributed by atoms with Crippen LogP contribution in [-0.4, -0.2) is 25.2 Å². The Kier molecular flexibility index (Phi) is 3.49. The number of carbonyl (C=O) groups is 1. The van der Waals surface area contributed by atoms with Crippen molar-refractivity contribution in [3.05, 3.63) is 23.8 Å². The van der Waals surface area contributed by atoms with Gasteiger partial charge in [0.15, 0.2) is 0 Å². The minimum atomic E-state index is -0.507. The first-order valence-electron chi connectivity index (χ1n) is 5.60. The van der Waals surface area contributed by atoms with Crippen LogP contribution in [0.4, 0.5) is 5.69 Å². The molecule has 0 aromatic heterocycles. The van der Waals surface area contributed by atoms with Gasteiger partial charge in [0.25, 0.3) is 5.91 Å². The maximum atomic E-state index is 11.3. The van der Waals surface area contributed by atoms with Gasteiger partial charge in [0, 0.05) is 24.6 Å². The first-order chi connectivity index (χ1) is 8.16. The Morgan fingerprint density at radius 3 is 2.71 bits per heavy atom. The van der Waals surface area contributed by atoms with E-state index in [1.54, 1.807) is 18.2 Å². The second kappa shape index (κ2) is 5.05. The first-order valence-corrected chi connectivity index (χ1v) is 5.60. The van der Waals surface area contributed by atoms with Gasteiger partial charge in [-0.05, 0) is 12.1 Å². The van der Waals surface area contributed by atoms with Crippen LogP contribution in [0.1, 0.15) is 23.2 Å². The summed E-state index contributed by atoms with van der Waals surface area (Å²) in [5, 5.41) is 0. The van der Waals surface area contributed by atoms with E-state index >= 15 is 0 Å². The SMILES string of the molecule is NC(=O)c1ccc(N)cc1OC1CCOCC1. The summed E-state index contributed by atoms with van der Waals surface area (Å²) in [5.41, 5.74) is 11.9. The third-order valence-corrected chi connectivity index (χ3v) is 2.73. The summed E-state index contributed by atoms with van der Waals surface area (Å²) in [5.74, 6) is -0.0449. The highest BCUT2D eigenvalue weighted by Crippen LogP contribution is 2.24. The molecule has 0 bridgehead atoms. The van der Waals surface area contributed by atoms with E-state index in [-0.39, 0.29) is 6.10 Å². The number of anilines is 1. The Labute approximate surface area is 99.7 Å². The summed E-state index contributed by atoms with van der Waals surface area (Å²) in [7, 11) is 0. The molecule has 0 aliphatic carbocycles. The van der Waals surface area contributed by atoms with Crippen LogP contribution in [0.5, 0.6) is 5.75 Å². The zero-order valence-electron chi connectivity index (χ0n) is 9.52. The molecule has 1 heterocycles. The van der Waals surface area contributed by atoms with Crippen LogP contribution in [0.25, 0.3) is 0 Å². The molecule has 92 valence electrons. The lowest BCUT2D eigenvalue weighted by Crippen LogP contribution is -2.27. The van der Waals surface area contributed by atoms with Gasteiger partial charge < -0.3 is 20.9 Å². The maximum Gasteiger partial charge on any atom is 0.252 e. The fourth-order valence-corrected chi connectivity index (χ4v) is 1.81. The third-order valence-electron chi connectivity index (χ3n) is 2.73. The normalized spacial score (nSPS) is 16.7. The summed E-state index contributed by atoms with van der Waals surface area (Å²) in [6, 6.07) is 4.86. The molecular weight excluding hydrogens is 220 g/mol. The van der Waals surface area contributed by atoms with Crippen molar-refractivity contribution < 1.29 is 14.3 Å². The fraction of sp³-hybridized carbons (Fsp3) is 0.417. The van der Waals surface area contributed by atoms with Gasteiger partial charge in [-0.15, -0.1) is 0 Å². The zero-order valence-corrected chi connectivity index (χ0v) is 9.52. The van der Waals surface area contributed by atoms with Crippen LogP contribution >= 0.6 is 0 Å². The predicted molar refractivity (Wildman–Crippen MR) is 63.8 cm³/mol. The van der Waals surface area contributed by atoms with Crippen LogP contribution in [0, 0.1) is 0 Å². The minimum Gasteiger partial charge on any atom is -0.489 e. The van der Waals surface area contributed by atoms with Crippen LogP contribution in [0.2, 0.25) is 0 Å². The first kappa shape index (κ1) is 11.7. The van der Waals surface area contributed by atoms with E-state index < -0.39 is 5.91 Å². The van der Waals surface area contributed by atoms with Crippen molar-refractivity contribution in [1.29, 1.82) is 0 Å². The molecule has 0 atom stereocenters. The third kappa shape index (κ3) is 2.88. The van der Waals surface area contributed by atoms with Gasteiger partial charge in [-0.2, -0.15) is 0 Å². The smallest absolute Gasteiger partial charge is 0.252 e. The van der Waals surface area contributed by atoms with Crippen molar-refractivity contribution in [3.8, 4) is 5.75 Å². The molecule has 1 amide bonds. The molecule has 1 aliphatic heterocycles. The summed E-state index contributed by atoms with van der Waals surface area (Å²) in [6.45, 7) is 1.36. The highest BCUT2D eigenvalue weighted by Gasteiger charge is 2.18. The molecular formula is C12H16N2O3. The van der Waals surface area contributed by atoms with Crippen molar-refractivity contribution in [2.45, 2.75) is 18.9 Å². The topological polar surface area (TPSA) is 87.6 Å². The molecule has 1 aromatic rings. The minimum absolute atomic E-state index is 0.0589.